The number of nitrogens with two attached hydrogens (primary N) is 1. The van der Waals surface area contributed by atoms with Gasteiger partial charge in [0.25, 0.3) is 5.56 Å². The van der Waals surface area contributed by atoms with Crippen LogP contribution in [0.5, 0.6) is 0 Å². The van der Waals surface area contributed by atoms with E-state index in [4.69, 9.17) is 41.3 Å². The molecule has 0 bridgehead atoms. The standard InChI is InChI=1S/C20H18ClFN4O2.C8H12N4O2/c21-12-3-4-13(15(22)10-12)18-19-14(20(27)26-5-1-2-16(26)23-19)11-17(24-18)25-6-8-28-9-7-25;1-13-6-7-11-8(14-12-7)5-10-4-2-3-9/h3-4,10-11H,1-2,5-9H2;2-4H,5-6,9H2,1H3/b;3-2-,10-4?. The molecule has 14 heteroatoms. The zero-order valence-corrected chi connectivity index (χ0v) is 23.8. The number of fused-ring (bicyclic) bond motifs is 2. The lowest BCUT2D eigenvalue weighted by molar-refractivity contribution is 0.122. The predicted molar refractivity (Wildman–Crippen MR) is 156 cm³/mol. The summed E-state index contributed by atoms with van der Waals surface area (Å²) >= 11 is 5.93. The number of morpholine rings is 1. The molecular weight excluding hydrogens is 567 g/mol. The maximum atomic E-state index is 14.7. The number of aliphatic imine (C=N–C) groups is 1. The van der Waals surface area contributed by atoms with E-state index in [1.807, 2.05) is 0 Å². The van der Waals surface area contributed by atoms with Gasteiger partial charge in [-0.25, -0.2) is 14.4 Å². The molecule has 1 fully saturated rings. The van der Waals surface area contributed by atoms with Crippen LogP contribution < -0.4 is 16.2 Å². The van der Waals surface area contributed by atoms with E-state index in [0.29, 0.717) is 90.7 Å². The van der Waals surface area contributed by atoms with E-state index in [2.05, 4.69) is 20.0 Å². The van der Waals surface area contributed by atoms with Gasteiger partial charge in [-0.05, 0) is 43.0 Å². The smallest absolute Gasteiger partial charge is 0.261 e. The van der Waals surface area contributed by atoms with Crippen LogP contribution in [-0.4, -0.2) is 64.3 Å². The first kappa shape index (κ1) is 29.3. The van der Waals surface area contributed by atoms with E-state index < -0.39 is 5.82 Å². The molecule has 2 aliphatic rings. The molecule has 0 aliphatic carbocycles. The van der Waals surface area contributed by atoms with Crippen molar-refractivity contribution in [3.8, 4) is 11.3 Å². The molecule has 2 aliphatic heterocycles. The summed E-state index contributed by atoms with van der Waals surface area (Å²) in [6.07, 6.45) is 6.20. The van der Waals surface area contributed by atoms with Gasteiger partial charge in [-0.1, -0.05) is 16.8 Å². The van der Waals surface area contributed by atoms with Crippen molar-refractivity contribution in [2.75, 3.05) is 38.3 Å². The van der Waals surface area contributed by atoms with Crippen LogP contribution in [0.4, 0.5) is 10.2 Å². The van der Waals surface area contributed by atoms with E-state index in [-0.39, 0.29) is 5.56 Å². The van der Waals surface area contributed by atoms with Crippen LogP contribution in [0.3, 0.4) is 0 Å². The zero-order valence-electron chi connectivity index (χ0n) is 23.0. The molecule has 0 radical (unpaired) electrons. The number of allylic oxidation sites excluding steroid dienone is 1. The van der Waals surface area contributed by atoms with Crippen LogP contribution >= 0.6 is 11.6 Å². The number of hydrogen-bond donors (Lipinski definition) is 1. The molecule has 1 aromatic carbocycles. The van der Waals surface area contributed by atoms with Gasteiger partial charge in [-0.15, -0.1) is 0 Å². The van der Waals surface area contributed by atoms with Gasteiger partial charge in [0.1, 0.15) is 41.8 Å². The van der Waals surface area contributed by atoms with Gasteiger partial charge < -0.3 is 24.6 Å². The lowest BCUT2D eigenvalue weighted by atomic mass is 10.1. The highest BCUT2D eigenvalue weighted by Crippen LogP contribution is 2.32. The molecule has 4 aromatic rings. The number of aryl methyl sites for hydroxylation is 1. The molecule has 0 amide bonds. The number of halogens is 2. The Hall–Kier alpha value is -4.20. The fourth-order valence-corrected chi connectivity index (χ4v) is 4.84. The van der Waals surface area contributed by atoms with Gasteiger partial charge in [0, 0.05) is 50.0 Å². The second-order valence-electron chi connectivity index (χ2n) is 9.45. The number of methoxy groups -OCH3 is 1. The molecule has 12 nitrogen and oxygen atoms in total. The molecule has 0 atom stereocenters. The van der Waals surface area contributed by atoms with E-state index in [1.165, 1.54) is 12.3 Å². The second kappa shape index (κ2) is 13.6. The molecule has 0 spiro atoms. The summed E-state index contributed by atoms with van der Waals surface area (Å²) in [5.74, 6) is 1.86. The first-order chi connectivity index (χ1) is 20.5. The van der Waals surface area contributed by atoms with Crippen LogP contribution in [0.2, 0.25) is 5.02 Å². The number of hydrogen-bond acceptors (Lipinski definition) is 11. The van der Waals surface area contributed by atoms with E-state index in [0.717, 1.165) is 18.7 Å². The first-order valence-electron chi connectivity index (χ1n) is 13.4. The molecule has 5 heterocycles. The van der Waals surface area contributed by atoms with Crippen molar-refractivity contribution < 1.29 is 18.4 Å². The summed E-state index contributed by atoms with van der Waals surface area (Å²) < 4.78 is 31.6. The minimum absolute atomic E-state index is 0.0926. The van der Waals surface area contributed by atoms with Crippen LogP contribution in [0, 0.1) is 5.82 Å². The zero-order chi connectivity index (χ0) is 29.5. The Morgan fingerprint density at radius 3 is 2.79 bits per heavy atom. The Morgan fingerprint density at radius 2 is 2.02 bits per heavy atom. The number of aromatic nitrogens is 5. The van der Waals surface area contributed by atoms with Crippen LogP contribution in [0.1, 0.15) is 24.0 Å². The SMILES string of the molecule is COCc1noc(CN=C/C=C\N)n1.O=c1c2cc(N3CCOCC3)nc(-c3ccc(Cl)cc3F)c2nc2n1CCC2. The lowest BCUT2D eigenvalue weighted by Crippen LogP contribution is -2.37. The minimum atomic E-state index is -0.483. The van der Waals surface area contributed by atoms with E-state index >= 15 is 0 Å². The normalized spacial score (nSPS) is 15.0. The summed E-state index contributed by atoms with van der Waals surface area (Å²) in [6, 6.07) is 6.25. The molecule has 1 saturated heterocycles. The molecule has 0 unspecified atom stereocenters. The van der Waals surface area contributed by atoms with Gasteiger partial charge in [-0.3, -0.25) is 14.4 Å². The molecular formula is C28H30ClFN8O4. The van der Waals surface area contributed by atoms with Crippen LogP contribution in [0.25, 0.3) is 22.2 Å². The third kappa shape index (κ3) is 6.64. The number of anilines is 1. The van der Waals surface area contributed by atoms with Crippen molar-refractivity contribution in [2.45, 2.75) is 32.5 Å². The van der Waals surface area contributed by atoms with Gasteiger partial charge in [-0.2, -0.15) is 4.98 Å². The number of nitrogens with zero attached hydrogens (tertiary/aromatic N) is 7. The Kier molecular flexibility index (Phi) is 9.52. The third-order valence-electron chi connectivity index (χ3n) is 6.62. The van der Waals surface area contributed by atoms with Crippen molar-refractivity contribution in [3.05, 3.63) is 75.3 Å². The molecule has 42 heavy (non-hydrogen) atoms. The Balaban J connectivity index is 0.000000214. The van der Waals surface area contributed by atoms with Gasteiger partial charge in [0.2, 0.25) is 5.89 Å². The monoisotopic (exact) mass is 596 g/mol. The van der Waals surface area contributed by atoms with Crippen molar-refractivity contribution >= 4 is 34.5 Å². The fraction of sp³-hybridized carbons (Fsp3) is 0.357. The molecule has 6 rings (SSSR count). The highest BCUT2D eigenvalue weighted by atomic mass is 35.5. The van der Waals surface area contributed by atoms with Crippen LogP contribution in [-0.2, 0) is 35.6 Å². The summed E-state index contributed by atoms with van der Waals surface area (Å²) in [5.41, 5.74) is 6.13. The fourth-order valence-electron chi connectivity index (χ4n) is 4.68. The molecule has 220 valence electrons. The highest BCUT2D eigenvalue weighted by Gasteiger charge is 2.23. The van der Waals surface area contributed by atoms with Crippen molar-refractivity contribution in [2.24, 2.45) is 10.7 Å². The maximum Gasteiger partial charge on any atom is 0.261 e. The maximum absolute atomic E-state index is 14.7. The number of rotatable bonds is 7. The quantitative estimate of drug-likeness (QED) is 0.315. The summed E-state index contributed by atoms with van der Waals surface area (Å²) in [7, 11) is 1.57. The first-order valence-corrected chi connectivity index (χ1v) is 13.8. The van der Waals surface area contributed by atoms with Crippen LogP contribution in [0.15, 0.2) is 50.9 Å². The number of benzene rings is 1. The largest absolute Gasteiger partial charge is 0.405 e. The Morgan fingerprint density at radius 1 is 1.19 bits per heavy atom. The highest BCUT2D eigenvalue weighted by molar-refractivity contribution is 6.30. The Bertz CT molecular complexity index is 1670. The topological polar surface area (TPSA) is 147 Å². The van der Waals surface area contributed by atoms with E-state index in [9.17, 15) is 9.18 Å². The number of ether oxygens (including phenoxy) is 2. The second-order valence-corrected chi connectivity index (χ2v) is 9.89. The third-order valence-corrected chi connectivity index (χ3v) is 6.86. The number of pyridine rings is 1. The van der Waals surface area contributed by atoms with Gasteiger partial charge >= 0.3 is 0 Å². The van der Waals surface area contributed by atoms with Gasteiger partial charge in [0.05, 0.1) is 18.6 Å². The average Bonchev–Trinajstić information content (AvgIpc) is 3.66. The molecule has 3 aromatic heterocycles. The lowest BCUT2D eigenvalue weighted by Gasteiger charge is -2.28. The van der Waals surface area contributed by atoms with Crippen molar-refractivity contribution in [1.29, 1.82) is 0 Å². The summed E-state index contributed by atoms with van der Waals surface area (Å²) in [6.45, 7) is 3.87. The predicted octanol–water partition coefficient (Wildman–Crippen LogP) is 3.29. The minimum Gasteiger partial charge on any atom is -0.405 e. The average molecular weight is 597 g/mol. The van der Waals surface area contributed by atoms with Crippen molar-refractivity contribution in [3.63, 3.8) is 0 Å². The Labute approximate surface area is 245 Å². The van der Waals surface area contributed by atoms with Gasteiger partial charge in [0.15, 0.2) is 5.82 Å². The van der Waals surface area contributed by atoms with E-state index in [1.54, 1.807) is 42.2 Å². The molecule has 0 saturated carbocycles. The summed E-state index contributed by atoms with van der Waals surface area (Å²) in [4.78, 5) is 32.6. The molecule has 2 N–H and O–H groups in total. The summed E-state index contributed by atoms with van der Waals surface area (Å²) in [5, 5.41) is 4.45. The van der Waals surface area contributed by atoms with Crippen molar-refractivity contribution in [1.82, 2.24) is 24.7 Å².